The first kappa shape index (κ1) is 31.8. The second-order valence-corrected chi connectivity index (χ2v) is 12.4. The number of aryl methyl sites for hydroxylation is 1. The molecule has 8 nitrogen and oxygen atoms in total. The third-order valence-corrected chi connectivity index (χ3v) is 8.00. The van der Waals surface area contributed by atoms with E-state index in [1.807, 2.05) is 55.5 Å². The van der Waals surface area contributed by atoms with Crippen molar-refractivity contribution >= 4 is 23.3 Å². The summed E-state index contributed by atoms with van der Waals surface area (Å²) >= 11 is 0. The van der Waals surface area contributed by atoms with Crippen molar-refractivity contribution in [3.63, 3.8) is 0 Å². The molecule has 2 heterocycles. The van der Waals surface area contributed by atoms with Gasteiger partial charge in [-0.2, -0.15) is 13.9 Å². The summed E-state index contributed by atoms with van der Waals surface area (Å²) in [5.41, 5.74) is 4.27. The second-order valence-electron chi connectivity index (χ2n) is 12.4. The number of ketones is 1. The number of rotatable bonds is 9. The van der Waals surface area contributed by atoms with Crippen LogP contribution in [0.1, 0.15) is 66.7 Å². The highest BCUT2D eigenvalue weighted by Gasteiger charge is 2.32. The molecule has 0 spiro atoms. The molecular weight excluding hydrogens is 576 g/mol. The van der Waals surface area contributed by atoms with E-state index in [1.54, 1.807) is 10.7 Å². The monoisotopic (exact) mass is 615 g/mol. The molecule has 0 saturated carbocycles. The molecule has 3 N–H and O–H groups in total. The van der Waals surface area contributed by atoms with Gasteiger partial charge >= 0.3 is 12.6 Å². The molecule has 0 bridgehead atoms. The lowest BCUT2D eigenvalue weighted by molar-refractivity contribution is -0.0498. The van der Waals surface area contributed by atoms with Gasteiger partial charge in [-0.05, 0) is 92.9 Å². The number of hydrogen-bond acceptors (Lipinski definition) is 5. The van der Waals surface area contributed by atoms with E-state index in [4.69, 9.17) is 5.10 Å². The quantitative estimate of drug-likeness (QED) is 0.168. The highest BCUT2D eigenvalue weighted by molar-refractivity contribution is 6.02. The Morgan fingerprint density at radius 1 is 0.956 bits per heavy atom. The molecule has 45 heavy (non-hydrogen) atoms. The van der Waals surface area contributed by atoms with Crippen LogP contribution in [0.15, 0.2) is 78.9 Å². The molecule has 10 heteroatoms. The molecular formula is C35H39F2N5O3. The molecule has 1 unspecified atom stereocenters. The molecule has 1 aliphatic rings. The summed E-state index contributed by atoms with van der Waals surface area (Å²) in [4.78, 5) is 27.2. The van der Waals surface area contributed by atoms with Gasteiger partial charge in [0.25, 0.3) is 0 Å². The first-order chi connectivity index (χ1) is 21.5. The van der Waals surface area contributed by atoms with Gasteiger partial charge in [0.15, 0.2) is 5.78 Å². The number of urea groups is 1. The molecule has 1 saturated heterocycles. The number of benzene rings is 3. The molecule has 1 aliphatic heterocycles. The maximum Gasteiger partial charge on any atom is 0.387 e. The SMILES string of the molecule is Cc1ccc(-n2nc(C(C)(C)C)cc2NC(=O)Nc2cccc(C(C(=O)c3ccc(OC(F)F)cc3)C3CCNCC3)c2)cc1. The van der Waals surface area contributed by atoms with Crippen molar-refractivity contribution in [3.8, 4) is 11.4 Å². The van der Waals surface area contributed by atoms with Crippen LogP contribution in [-0.2, 0) is 5.41 Å². The standard InChI is InChI=1S/C35H39F2N5O3/c1-22-8-12-27(13-9-22)42-30(21-29(41-42)35(2,3)4)40-34(44)39-26-7-5-6-25(20-26)31(23-16-18-38-19-17-23)32(43)24-10-14-28(15-11-24)45-33(36)37/h5-15,20-21,23,31,33,38H,16-19H2,1-4H3,(H2,39,40,44). The normalized spacial score (nSPS) is 14.6. The van der Waals surface area contributed by atoms with Crippen LogP contribution in [0.3, 0.4) is 0 Å². The van der Waals surface area contributed by atoms with E-state index in [-0.39, 0.29) is 22.9 Å². The van der Waals surface area contributed by atoms with Crippen LogP contribution in [-0.4, -0.2) is 41.3 Å². The minimum Gasteiger partial charge on any atom is -0.435 e. The molecule has 0 radical (unpaired) electrons. The van der Waals surface area contributed by atoms with Gasteiger partial charge in [0, 0.05) is 22.7 Å². The van der Waals surface area contributed by atoms with Crippen LogP contribution < -0.4 is 20.7 Å². The van der Waals surface area contributed by atoms with Crippen molar-refractivity contribution in [1.29, 1.82) is 0 Å². The van der Waals surface area contributed by atoms with Crippen LogP contribution in [0.25, 0.3) is 5.69 Å². The van der Waals surface area contributed by atoms with Crippen LogP contribution in [0, 0.1) is 12.8 Å². The Labute approximate surface area is 262 Å². The number of aromatic nitrogens is 2. The summed E-state index contributed by atoms with van der Waals surface area (Å²) in [5.74, 6) is 0.00868. The number of anilines is 2. The van der Waals surface area contributed by atoms with Crippen molar-refractivity contribution in [2.24, 2.45) is 5.92 Å². The van der Waals surface area contributed by atoms with Crippen LogP contribution in [0.4, 0.5) is 25.1 Å². The Bertz CT molecular complexity index is 1620. The summed E-state index contributed by atoms with van der Waals surface area (Å²) in [7, 11) is 0. The molecule has 236 valence electrons. The molecule has 1 aromatic heterocycles. The maximum absolute atomic E-state index is 13.9. The lowest BCUT2D eigenvalue weighted by atomic mass is 9.76. The maximum atomic E-state index is 13.9. The second kappa shape index (κ2) is 13.6. The van der Waals surface area contributed by atoms with Gasteiger partial charge in [0.05, 0.1) is 17.3 Å². The van der Waals surface area contributed by atoms with E-state index in [1.165, 1.54) is 24.3 Å². The van der Waals surface area contributed by atoms with Crippen molar-refractivity contribution in [2.45, 2.75) is 58.5 Å². The summed E-state index contributed by atoms with van der Waals surface area (Å²) in [6.07, 6.45) is 1.61. The van der Waals surface area contributed by atoms with Gasteiger partial charge in [0.2, 0.25) is 0 Å². The van der Waals surface area contributed by atoms with E-state index in [0.717, 1.165) is 48.4 Å². The minimum atomic E-state index is -2.94. The Hall–Kier alpha value is -4.57. The van der Waals surface area contributed by atoms with Gasteiger partial charge in [-0.25, -0.2) is 9.48 Å². The zero-order valence-corrected chi connectivity index (χ0v) is 25.9. The van der Waals surface area contributed by atoms with Gasteiger partial charge < -0.3 is 15.4 Å². The molecule has 0 aliphatic carbocycles. The molecule has 5 rings (SSSR count). The van der Waals surface area contributed by atoms with Crippen molar-refractivity contribution in [2.75, 3.05) is 23.7 Å². The first-order valence-corrected chi connectivity index (χ1v) is 15.1. The average molecular weight is 616 g/mol. The highest BCUT2D eigenvalue weighted by Crippen LogP contribution is 2.36. The predicted octanol–water partition coefficient (Wildman–Crippen LogP) is 7.69. The number of carbonyl (C=O) groups excluding carboxylic acids is 2. The van der Waals surface area contributed by atoms with E-state index >= 15 is 0 Å². The largest absolute Gasteiger partial charge is 0.435 e. The van der Waals surface area contributed by atoms with Crippen LogP contribution in [0.2, 0.25) is 0 Å². The van der Waals surface area contributed by atoms with Crippen molar-refractivity contribution < 1.29 is 23.1 Å². The molecule has 4 aromatic rings. The minimum absolute atomic E-state index is 0.00415. The first-order valence-electron chi connectivity index (χ1n) is 15.1. The smallest absolute Gasteiger partial charge is 0.387 e. The lowest BCUT2D eigenvalue weighted by Gasteiger charge is -2.30. The van der Waals surface area contributed by atoms with Crippen molar-refractivity contribution in [3.05, 3.63) is 101 Å². The number of nitrogens with one attached hydrogen (secondary N) is 3. The topological polar surface area (TPSA) is 97.3 Å². The lowest BCUT2D eigenvalue weighted by Crippen LogP contribution is -2.33. The Balaban J connectivity index is 1.38. The molecule has 1 atom stereocenters. The third-order valence-electron chi connectivity index (χ3n) is 8.00. The molecule has 1 fully saturated rings. The number of amides is 2. The molecule has 2 amide bonds. The fourth-order valence-electron chi connectivity index (χ4n) is 5.60. The highest BCUT2D eigenvalue weighted by atomic mass is 19.3. The Morgan fingerprint density at radius 3 is 2.29 bits per heavy atom. The number of halogens is 2. The third kappa shape index (κ3) is 7.94. The number of ether oxygens (including phenoxy) is 1. The van der Waals surface area contributed by atoms with Crippen LogP contribution >= 0.6 is 0 Å². The van der Waals surface area contributed by atoms with Crippen molar-refractivity contribution in [1.82, 2.24) is 15.1 Å². The zero-order chi connectivity index (χ0) is 32.1. The van der Waals surface area contributed by atoms with E-state index in [2.05, 4.69) is 41.5 Å². The Kier molecular flexibility index (Phi) is 9.63. The van der Waals surface area contributed by atoms with Gasteiger partial charge in [-0.15, -0.1) is 0 Å². The van der Waals surface area contributed by atoms with Gasteiger partial charge in [0.1, 0.15) is 11.6 Å². The van der Waals surface area contributed by atoms with E-state index in [0.29, 0.717) is 17.1 Å². The fourth-order valence-corrected chi connectivity index (χ4v) is 5.60. The summed E-state index contributed by atoms with van der Waals surface area (Å²) in [5, 5.41) is 14.0. The fraction of sp³-hybridized carbons (Fsp3) is 0.343. The van der Waals surface area contributed by atoms with E-state index in [9.17, 15) is 18.4 Å². The number of piperidine rings is 1. The number of nitrogens with zero attached hydrogens (tertiary/aromatic N) is 2. The Morgan fingerprint density at radius 2 is 1.64 bits per heavy atom. The van der Waals surface area contributed by atoms with Gasteiger partial charge in [-0.1, -0.05) is 50.6 Å². The van der Waals surface area contributed by atoms with Gasteiger partial charge in [-0.3, -0.25) is 10.1 Å². The number of alkyl halides is 2. The summed E-state index contributed by atoms with van der Waals surface area (Å²) in [6.45, 7) is 6.85. The van der Waals surface area contributed by atoms with Crippen LogP contribution in [0.5, 0.6) is 5.75 Å². The average Bonchev–Trinajstić information content (AvgIpc) is 3.43. The number of Topliss-reactive ketones (excluding diaryl/α,β-unsaturated/α-hetero) is 1. The predicted molar refractivity (Wildman–Crippen MR) is 172 cm³/mol. The van der Waals surface area contributed by atoms with E-state index < -0.39 is 18.6 Å². The zero-order valence-electron chi connectivity index (χ0n) is 25.9. The molecule has 3 aromatic carbocycles. The summed E-state index contributed by atoms with van der Waals surface area (Å²) < 4.78 is 31.5. The summed E-state index contributed by atoms with van der Waals surface area (Å²) in [6, 6.07) is 22.5. The number of carbonyl (C=O) groups is 2. The number of hydrogen-bond donors (Lipinski definition) is 3.